The van der Waals surface area contributed by atoms with Crippen LogP contribution in [0.15, 0.2) is 40.1 Å². The van der Waals surface area contributed by atoms with Gasteiger partial charge in [0.25, 0.3) is 0 Å². The van der Waals surface area contributed by atoms with E-state index in [1.165, 1.54) is 17.7 Å². The maximum absolute atomic E-state index is 12.6. The summed E-state index contributed by atoms with van der Waals surface area (Å²) in [7, 11) is 0. The number of halogens is 4. The average molecular weight is 348 g/mol. The minimum Gasteiger partial charge on any atom is -0.247 e. The van der Waals surface area contributed by atoms with E-state index in [2.05, 4.69) is 15.0 Å². The van der Waals surface area contributed by atoms with Gasteiger partial charge in [0.15, 0.2) is 0 Å². The molecule has 0 amide bonds. The Kier molecular flexibility index (Phi) is 3.76. The Morgan fingerprint density at radius 3 is 2.67 bits per heavy atom. The lowest BCUT2D eigenvalue weighted by Crippen LogP contribution is -2.05. The predicted octanol–water partition coefficient (Wildman–Crippen LogP) is 4.91. The van der Waals surface area contributed by atoms with Crippen molar-refractivity contribution in [1.29, 1.82) is 0 Å². The van der Waals surface area contributed by atoms with Crippen LogP contribution in [0.25, 0.3) is 10.2 Å². The molecule has 0 unspecified atom stereocenters. The van der Waals surface area contributed by atoms with Crippen LogP contribution in [0.4, 0.5) is 13.2 Å². The van der Waals surface area contributed by atoms with Gasteiger partial charge in [-0.25, -0.2) is 15.0 Å². The standard InChI is InChI=1S/C12H5ClF3N3S2/c13-8-3-6(12(14,15)16)4-17-11(8)21-10-7-1-2-20-9(7)18-5-19-10/h1-5H. The number of rotatable bonds is 2. The second-order valence-electron chi connectivity index (χ2n) is 3.93. The molecule has 0 aromatic carbocycles. The van der Waals surface area contributed by atoms with Crippen LogP contribution in [0.1, 0.15) is 5.56 Å². The highest BCUT2D eigenvalue weighted by Gasteiger charge is 2.31. The van der Waals surface area contributed by atoms with Crippen molar-refractivity contribution in [3.8, 4) is 0 Å². The van der Waals surface area contributed by atoms with E-state index in [0.29, 0.717) is 5.03 Å². The molecular formula is C12H5ClF3N3S2. The lowest BCUT2D eigenvalue weighted by atomic mass is 10.3. The van der Waals surface area contributed by atoms with E-state index < -0.39 is 11.7 Å². The highest BCUT2D eigenvalue weighted by atomic mass is 35.5. The summed E-state index contributed by atoms with van der Waals surface area (Å²) in [6.45, 7) is 0. The average Bonchev–Trinajstić information content (AvgIpc) is 2.89. The van der Waals surface area contributed by atoms with Gasteiger partial charge in [0, 0.05) is 11.6 Å². The number of thiophene rings is 1. The van der Waals surface area contributed by atoms with E-state index in [0.717, 1.165) is 34.2 Å². The maximum Gasteiger partial charge on any atom is 0.417 e. The third-order valence-corrected chi connectivity index (χ3v) is 4.81. The van der Waals surface area contributed by atoms with Crippen molar-refractivity contribution in [1.82, 2.24) is 15.0 Å². The summed E-state index contributed by atoms with van der Waals surface area (Å²) in [6.07, 6.45) is -2.30. The maximum atomic E-state index is 12.6. The van der Waals surface area contributed by atoms with E-state index in [1.54, 1.807) is 0 Å². The molecule has 0 saturated carbocycles. The Morgan fingerprint density at radius 1 is 1.14 bits per heavy atom. The molecule has 0 aliphatic carbocycles. The Labute approximate surface area is 130 Å². The minimum atomic E-state index is -4.46. The van der Waals surface area contributed by atoms with Crippen molar-refractivity contribution in [2.45, 2.75) is 16.2 Å². The lowest BCUT2D eigenvalue weighted by Gasteiger charge is -2.08. The summed E-state index contributed by atoms with van der Waals surface area (Å²) in [5, 5.41) is 3.51. The van der Waals surface area contributed by atoms with Gasteiger partial charge >= 0.3 is 6.18 Å². The molecule has 108 valence electrons. The Bertz CT molecular complexity index is 804. The molecule has 3 rings (SSSR count). The van der Waals surface area contributed by atoms with Gasteiger partial charge in [-0.1, -0.05) is 11.6 Å². The lowest BCUT2D eigenvalue weighted by molar-refractivity contribution is -0.137. The molecule has 9 heteroatoms. The monoisotopic (exact) mass is 347 g/mol. The zero-order chi connectivity index (χ0) is 15.0. The SMILES string of the molecule is FC(F)(F)c1cnc(Sc2ncnc3sccc23)c(Cl)c1. The van der Waals surface area contributed by atoms with Crippen LogP contribution in [0, 0.1) is 0 Å². The van der Waals surface area contributed by atoms with Crippen LogP contribution in [-0.4, -0.2) is 15.0 Å². The predicted molar refractivity (Wildman–Crippen MR) is 75.8 cm³/mol. The third-order valence-electron chi connectivity index (χ3n) is 2.55. The highest BCUT2D eigenvalue weighted by Crippen LogP contribution is 2.37. The van der Waals surface area contributed by atoms with E-state index in [-0.39, 0.29) is 10.0 Å². The van der Waals surface area contributed by atoms with Crippen molar-refractivity contribution < 1.29 is 13.2 Å². The molecule has 3 nitrogen and oxygen atoms in total. The number of hydrogen-bond acceptors (Lipinski definition) is 5. The van der Waals surface area contributed by atoms with E-state index in [1.807, 2.05) is 11.4 Å². The molecule has 0 fully saturated rings. The largest absolute Gasteiger partial charge is 0.417 e. The molecule has 3 aromatic rings. The molecule has 3 aromatic heterocycles. The molecule has 0 atom stereocenters. The van der Waals surface area contributed by atoms with Crippen molar-refractivity contribution >= 4 is 44.9 Å². The molecular weight excluding hydrogens is 343 g/mol. The molecule has 0 saturated heterocycles. The fourth-order valence-corrected chi connectivity index (χ4v) is 3.49. The number of pyridine rings is 1. The van der Waals surface area contributed by atoms with E-state index >= 15 is 0 Å². The van der Waals surface area contributed by atoms with Crippen molar-refractivity contribution in [2.75, 3.05) is 0 Å². The van der Waals surface area contributed by atoms with Gasteiger partial charge in [-0.2, -0.15) is 13.2 Å². The Balaban J connectivity index is 1.97. The first-order chi connectivity index (χ1) is 9.95. The first-order valence-electron chi connectivity index (χ1n) is 5.54. The van der Waals surface area contributed by atoms with E-state index in [4.69, 9.17) is 11.6 Å². The third kappa shape index (κ3) is 2.97. The topological polar surface area (TPSA) is 38.7 Å². The van der Waals surface area contributed by atoms with Gasteiger partial charge in [-0.3, -0.25) is 0 Å². The number of nitrogens with zero attached hydrogens (tertiary/aromatic N) is 3. The minimum absolute atomic E-state index is 0.0585. The number of hydrogen-bond donors (Lipinski definition) is 0. The molecule has 0 radical (unpaired) electrons. The van der Waals surface area contributed by atoms with Crippen LogP contribution in [0.3, 0.4) is 0 Å². The molecule has 0 spiro atoms. The van der Waals surface area contributed by atoms with Crippen LogP contribution in [0.5, 0.6) is 0 Å². The summed E-state index contributed by atoms with van der Waals surface area (Å²) in [5.41, 5.74) is -0.875. The van der Waals surface area contributed by atoms with Gasteiger partial charge in [-0.05, 0) is 29.3 Å². The van der Waals surface area contributed by atoms with Crippen LogP contribution < -0.4 is 0 Å². The first kappa shape index (κ1) is 14.6. The normalized spacial score (nSPS) is 12.0. The fourth-order valence-electron chi connectivity index (χ4n) is 1.60. The van der Waals surface area contributed by atoms with Gasteiger partial charge < -0.3 is 0 Å². The fraction of sp³-hybridized carbons (Fsp3) is 0.0833. The van der Waals surface area contributed by atoms with Crippen LogP contribution >= 0.6 is 34.7 Å². The van der Waals surface area contributed by atoms with Gasteiger partial charge in [0.2, 0.25) is 0 Å². The zero-order valence-electron chi connectivity index (χ0n) is 10.1. The van der Waals surface area contributed by atoms with Crippen molar-refractivity contribution in [3.05, 3.63) is 40.6 Å². The quantitative estimate of drug-likeness (QED) is 0.617. The molecule has 21 heavy (non-hydrogen) atoms. The highest BCUT2D eigenvalue weighted by molar-refractivity contribution is 7.99. The summed E-state index contributed by atoms with van der Waals surface area (Å²) in [5.74, 6) is 0. The number of aromatic nitrogens is 3. The number of fused-ring (bicyclic) bond motifs is 1. The Morgan fingerprint density at radius 2 is 1.95 bits per heavy atom. The van der Waals surface area contributed by atoms with Crippen LogP contribution in [0.2, 0.25) is 5.02 Å². The summed E-state index contributed by atoms with van der Waals surface area (Å²) < 4.78 is 37.7. The second kappa shape index (κ2) is 5.43. The van der Waals surface area contributed by atoms with Gasteiger partial charge in [0.05, 0.1) is 10.6 Å². The molecule has 0 bridgehead atoms. The summed E-state index contributed by atoms with van der Waals surface area (Å²) in [6, 6.07) is 2.71. The summed E-state index contributed by atoms with van der Waals surface area (Å²) in [4.78, 5) is 12.8. The van der Waals surface area contributed by atoms with Gasteiger partial charge in [0.1, 0.15) is 21.2 Å². The Hall–Kier alpha value is -1.38. The number of alkyl halides is 3. The van der Waals surface area contributed by atoms with Crippen molar-refractivity contribution in [2.24, 2.45) is 0 Å². The molecule has 0 aliphatic heterocycles. The molecule has 3 heterocycles. The zero-order valence-corrected chi connectivity index (χ0v) is 12.4. The smallest absolute Gasteiger partial charge is 0.247 e. The summed E-state index contributed by atoms with van der Waals surface area (Å²) >= 11 is 8.45. The van der Waals surface area contributed by atoms with Gasteiger partial charge in [-0.15, -0.1) is 11.3 Å². The first-order valence-corrected chi connectivity index (χ1v) is 7.61. The second-order valence-corrected chi connectivity index (χ2v) is 6.21. The molecule has 0 N–H and O–H groups in total. The van der Waals surface area contributed by atoms with Crippen molar-refractivity contribution in [3.63, 3.8) is 0 Å². The van der Waals surface area contributed by atoms with Crippen LogP contribution in [-0.2, 0) is 6.18 Å². The molecule has 0 aliphatic rings. The van der Waals surface area contributed by atoms with E-state index in [9.17, 15) is 13.2 Å².